The van der Waals surface area contributed by atoms with Gasteiger partial charge in [-0.25, -0.2) is 44.4 Å². The van der Waals surface area contributed by atoms with E-state index in [-0.39, 0.29) is 64.7 Å². The fourth-order valence-electron chi connectivity index (χ4n) is 10.8. The van der Waals surface area contributed by atoms with Gasteiger partial charge in [0.05, 0.1) is 102 Å². The number of anilines is 5. The molecular weight excluding hydrogens is 1680 g/mol. The Labute approximate surface area is 714 Å². The van der Waals surface area contributed by atoms with Crippen molar-refractivity contribution in [3.63, 3.8) is 0 Å². The Morgan fingerprint density at radius 2 is 0.725 bits per heavy atom. The summed E-state index contributed by atoms with van der Waals surface area (Å²) in [6, 6.07) is 62.7. The van der Waals surface area contributed by atoms with Crippen molar-refractivity contribution in [1.29, 1.82) is 0 Å². The average molecular weight is 1760 g/mol. The molecule has 7 aromatic carbocycles. The van der Waals surface area contributed by atoms with Crippen molar-refractivity contribution < 1.29 is 68.5 Å². The van der Waals surface area contributed by atoms with Crippen LogP contribution in [-0.4, -0.2) is 152 Å². The summed E-state index contributed by atoms with van der Waals surface area (Å²) in [4.78, 5) is 83.2. The first-order valence-corrected chi connectivity index (χ1v) is 42.3. The SMILES string of the molecule is COC(=O)CCNS(=O)(=O)c1ccc(C(=O)Nc2ccc(Cl)c(-c3ccccn3)c2)cc1.COCCNS(=O)(=O)c1ccc(C(=O)Nc2ccc(Cl)c(-c3ccccn3)c2)cc1.COCCNc1ccc(C(=O)Nc2ccc(Cl)c(-c3ccccn3)c2)c(C)n1.C[C@H](O)CNS(=O)(=O)c1ccc(C(=O)Nc2ccc(Cl)c(-c3ccccn3)c2)cc1. The number of esters is 1. The number of ether oxygens (including phenoxy) is 3. The number of aliphatic hydroxyl groups is 1. The minimum Gasteiger partial charge on any atom is -0.469 e. The zero-order valence-electron chi connectivity index (χ0n) is 64.9. The van der Waals surface area contributed by atoms with E-state index < -0.39 is 54.0 Å². The Kier molecular flexibility index (Phi) is 34.4. The van der Waals surface area contributed by atoms with Crippen LogP contribution in [0.3, 0.4) is 0 Å². The maximum Gasteiger partial charge on any atom is 0.306 e. The summed E-state index contributed by atoms with van der Waals surface area (Å²) in [5.41, 5.74) is 9.83. The number of hydrogen-bond acceptors (Lipinski definition) is 21. The number of nitrogens with one attached hydrogen (secondary N) is 8. The van der Waals surface area contributed by atoms with Gasteiger partial charge in [0.25, 0.3) is 23.6 Å². The quantitative estimate of drug-likeness (QED) is 0.0149. The van der Waals surface area contributed by atoms with Crippen molar-refractivity contribution in [2.24, 2.45) is 0 Å². The standard InChI is InChI=1S/C22H20ClN3O5S.C21H21ClN4O2.2C21H20ClN3O4S/c1-31-21(27)11-13-25-32(29,30)17-8-5-15(6-9-17)22(28)26-16-7-10-19(23)18(14-16)20-4-2-3-12-24-20;1-14-16(7-9-20(25-14)24-11-12-28-2)21(27)26-15-6-8-18(22)17(13-15)19-5-3-4-10-23-19;1-14(26)13-24-30(28,29)17-8-5-15(6-9-17)21(27)25-16-7-10-19(22)18(12-16)20-4-2-3-11-23-20;1-29-13-12-24-30(27,28)17-8-5-15(6-9-17)21(26)25-16-7-10-19(22)18(14-16)20-4-2-3-11-23-20/h2-10,12,14,25H,11,13H2,1H3,(H,26,28);3-10,13H,11-12H2,1-2H3,(H,24,25)(H,26,27);2-12,14,24,26H,13H2,1H3,(H,25,27);2-11,14,24H,12-13H2,1H3,(H,25,26)/t;;14-;/m..0./s1. The van der Waals surface area contributed by atoms with Gasteiger partial charge in [-0.2, -0.15) is 0 Å². The van der Waals surface area contributed by atoms with Crippen molar-refractivity contribution >= 4 is 135 Å². The molecule has 5 aromatic heterocycles. The van der Waals surface area contributed by atoms with Crippen molar-refractivity contribution in [2.75, 3.05) is 87.3 Å². The molecule has 0 saturated carbocycles. The summed E-state index contributed by atoms with van der Waals surface area (Å²) >= 11 is 25.1. The van der Waals surface area contributed by atoms with Crippen LogP contribution in [0.2, 0.25) is 20.1 Å². The molecule has 0 unspecified atom stereocenters. The van der Waals surface area contributed by atoms with E-state index in [0.29, 0.717) is 118 Å². The predicted molar refractivity (Wildman–Crippen MR) is 465 cm³/mol. The van der Waals surface area contributed by atoms with E-state index >= 15 is 0 Å². The number of rotatable bonds is 30. The van der Waals surface area contributed by atoms with Gasteiger partial charge in [0.15, 0.2) is 0 Å². The monoisotopic (exact) mass is 1760 g/mol. The summed E-state index contributed by atoms with van der Waals surface area (Å²) < 4.78 is 94.7. The number of pyridine rings is 5. The second kappa shape index (κ2) is 44.9. The van der Waals surface area contributed by atoms with Gasteiger partial charge < -0.3 is 45.9 Å². The number of amides is 4. The van der Waals surface area contributed by atoms with Crippen molar-refractivity contribution in [3.05, 3.63) is 303 Å². The van der Waals surface area contributed by atoms with E-state index in [1.807, 2.05) is 60.7 Å². The number of halogens is 4. The number of aliphatic hydroxyl groups excluding tert-OH is 1. The van der Waals surface area contributed by atoms with Crippen molar-refractivity contribution in [3.8, 4) is 45.0 Å². The van der Waals surface area contributed by atoms with Crippen LogP contribution in [0.4, 0.5) is 28.6 Å². The number of sulfonamides is 3. The van der Waals surface area contributed by atoms with Crippen LogP contribution < -0.4 is 40.8 Å². The topological polar surface area (TPSA) is 396 Å². The van der Waals surface area contributed by atoms with Crippen LogP contribution in [0.5, 0.6) is 0 Å². The minimum absolute atomic E-state index is 0.00336. The maximum atomic E-state index is 12.7. The number of methoxy groups -OCH3 is 3. The molecule has 1 atom stereocenters. The first kappa shape index (κ1) is 92.1. The predicted octanol–water partition coefficient (Wildman–Crippen LogP) is 14.8. The summed E-state index contributed by atoms with van der Waals surface area (Å²) in [6.07, 6.45) is 5.78. The molecule has 0 radical (unpaired) electrons. The first-order valence-electron chi connectivity index (χ1n) is 36.4. The Balaban J connectivity index is 0.000000182. The second-order valence-corrected chi connectivity index (χ2v) is 32.5. The number of benzene rings is 7. The highest BCUT2D eigenvalue weighted by atomic mass is 35.5. The van der Waals surface area contributed by atoms with Gasteiger partial charge in [-0.1, -0.05) is 70.7 Å². The van der Waals surface area contributed by atoms with Gasteiger partial charge in [-0.3, -0.25) is 43.9 Å². The number of aryl methyl sites for hydroxylation is 1. The molecule has 0 aliphatic rings. The third-order valence-electron chi connectivity index (χ3n) is 16.9. The van der Waals surface area contributed by atoms with Crippen molar-refractivity contribution in [1.82, 2.24) is 39.1 Å². The number of hydrogen-bond donors (Lipinski definition) is 9. The highest BCUT2D eigenvalue weighted by Gasteiger charge is 2.22. The van der Waals surface area contributed by atoms with Crippen molar-refractivity contribution in [2.45, 2.75) is 41.1 Å². The maximum absolute atomic E-state index is 12.7. The first-order chi connectivity index (χ1) is 57.5. The third kappa shape index (κ3) is 27.4. The zero-order chi connectivity index (χ0) is 86.4. The van der Waals surface area contributed by atoms with Gasteiger partial charge >= 0.3 is 5.97 Å². The number of aromatic nitrogens is 5. The second-order valence-electron chi connectivity index (χ2n) is 25.6. The normalized spacial score (nSPS) is 11.3. The fourth-order valence-corrected chi connectivity index (χ4v) is 14.8. The molecule has 4 amide bonds. The van der Waals surface area contributed by atoms with Gasteiger partial charge in [-0.05, 0) is 220 Å². The highest BCUT2D eigenvalue weighted by molar-refractivity contribution is 7.90. The molecule has 35 heteroatoms. The van der Waals surface area contributed by atoms with Crippen LogP contribution in [0.15, 0.2) is 270 Å². The molecule has 0 aliphatic carbocycles. The third-order valence-corrected chi connectivity index (χ3v) is 22.6. The molecule has 0 aliphatic heterocycles. The molecule has 622 valence electrons. The van der Waals surface area contributed by atoms with Crippen LogP contribution in [0.25, 0.3) is 45.0 Å². The van der Waals surface area contributed by atoms with Crippen LogP contribution in [0, 0.1) is 6.92 Å². The lowest BCUT2D eigenvalue weighted by Gasteiger charge is -2.11. The number of nitrogens with zero attached hydrogens (tertiary/aromatic N) is 5. The Morgan fingerprint density at radius 3 is 1.03 bits per heavy atom. The van der Waals surface area contributed by atoms with E-state index in [2.05, 4.69) is 70.4 Å². The lowest BCUT2D eigenvalue weighted by atomic mass is 10.1. The Hall–Kier alpha value is -11.8. The highest BCUT2D eigenvalue weighted by Crippen LogP contribution is 2.34. The lowest BCUT2D eigenvalue weighted by molar-refractivity contribution is -0.140. The smallest absolute Gasteiger partial charge is 0.306 e. The average Bonchev–Trinajstić information content (AvgIpc) is 0.850. The molecule has 5 heterocycles. The van der Waals surface area contributed by atoms with Gasteiger partial charge in [-0.15, -0.1) is 0 Å². The van der Waals surface area contributed by atoms with E-state index in [9.17, 15) is 54.3 Å². The molecule has 12 aromatic rings. The number of carbonyl (C=O) groups is 5. The fraction of sp³-hybridized carbons (Fsp3) is 0.153. The van der Waals surface area contributed by atoms with Crippen LogP contribution in [-0.2, 0) is 49.1 Å². The molecule has 0 fully saturated rings. The van der Waals surface area contributed by atoms with Gasteiger partial charge in [0.1, 0.15) is 5.82 Å². The minimum atomic E-state index is -3.82. The van der Waals surface area contributed by atoms with Crippen LogP contribution >= 0.6 is 46.4 Å². The van der Waals surface area contributed by atoms with Gasteiger partial charge in [0.2, 0.25) is 30.1 Å². The van der Waals surface area contributed by atoms with Crippen LogP contribution in [0.1, 0.15) is 60.5 Å². The molecule has 120 heavy (non-hydrogen) atoms. The molecule has 28 nitrogen and oxygen atoms in total. The van der Waals surface area contributed by atoms with E-state index in [1.165, 1.54) is 93.9 Å². The summed E-state index contributed by atoms with van der Waals surface area (Å²) in [7, 11) is -6.88. The molecule has 12 rings (SSSR count). The molecular formula is C85H81Cl4N13O15S3. The summed E-state index contributed by atoms with van der Waals surface area (Å²) in [6.45, 7) is 4.75. The molecule has 0 saturated heterocycles. The lowest BCUT2D eigenvalue weighted by Crippen LogP contribution is -2.30. The molecule has 9 N–H and O–H groups in total. The summed E-state index contributed by atoms with van der Waals surface area (Å²) in [5.74, 6) is -1.24. The largest absolute Gasteiger partial charge is 0.469 e. The van der Waals surface area contributed by atoms with Gasteiger partial charge in [0, 0.05) is 127 Å². The molecule has 0 spiro atoms. The van der Waals surface area contributed by atoms with E-state index in [0.717, 1.165) is 11.3 Å². The Bertz CT molecular complexity index is 5870. The molecule has 0 bridgehead atoms. The van der Waals surface area contributed by atoms with E-state index in [1.54, 1.807) is 136 Å². The zero-order valence-corrected chi connectivity index (χ0v) is 70.4. The number of carbonyl (C=O) groups excluding carboxylic acids is 5. The Morgan fingerprint density at radius 1 is 0.400 bits per heavy atom. The van der Waals surface area contributed by atoms with E-state index in [4.69, 9.17) is 55.9 Å². The summed E-state index contributed by atoms with van der Waals surface area (Å²) in [5, 5.41) is 25.7.